The van der Waals surface area contributed by atoms with Crippen molar-refractivity contribution < 1.29 is 14.2 Å². The lowest BCUT2D eigenvalue weighted by atomic mass is 9.99. The lowest BCUT2D eigenvalue weighted by Crippen LogP contribution is -2.43. The quantitative estimate of drug-likeness (QED) is 0.499. The van der Waals surface area contributed by atoms with Gasteiger partial charge < -0.3 is 19.5 Å². The van der Waals surface area contributed by atoms with E-state index in [-0.39, 0.29) is 5.54 Å². The van der Waals surface area contributed by atoms with Crippen molar-refractivity contribution in [2.45, 2.75) is 52.0 Å². The molecule has 0 bridgehead atoms. The van der Waals surface area contributed by atoms with Crippen LogP contribution in [-0.2, 0) is 14.2 Å². The fourth-order valence-corrected chi connectivity index (χ4v) is 2.18. The van der Waals surface area contributed by atoms with E-state index in [9.17, 15) is 0 Å². The van der Waals surface area contributed by atoms with Gasteiger partial charge in [-0.15, -0.1) is 0 Å². The lowest BCUT2D eigenvalue weighted by molar-refractivity contribution is 0.0138. The van der Waals surface area contributed by atoms with E-state index in [0.29, 0.717) is 26.4 Å². The zero-order valence-electron chi connectivity index (χ0n) is 13.6. The monoisotopic (exact) mass is 287 g/mol. The summed E-state index contributed by atoms with van der Waals surface area (Å²) in [5, 5.41) is 3.57. The zero-order valence-corrected chi connectivity index (χ0v) is 13.6. The second-order valence-electron chi connectivity index (χ2n) is 6.11. The number of nitrogens with one attached hydrogen (secondary N) is 1. The number of hydrogen-bond acceptors (Lipinski definition) is 4. The van der Waals surface area contributed by atoms with Crippen LogP contribution in [0, 0.1) is 5.92 Å². The van der Waals surface area contributed by atoms with Gasteiger partial charge in [0.05, 0.1) is 33.0 Å². The molecule has 0 aromatic carbocycles. The minimum Gasteiger partial charge on any atom is -0.379 e. The van der Waals surface area contributed by atoms with Crippen LogP contribution in [0.5, 0.6) is 0 Å². The molecule has 1 N–H and O–H groups in total. The Morgan fingerprint density at radius 3 is 2.00 bits per heavy atom. The average Bonchev–Trinajstić information content (AvgIpc) is 3.25. The number of hydrogen-bond donors (Lipinski definition) is 1. The van der Waals surface area contributed by atoms with Gasteiger partial charge in [-0.05, 0) is 39.0 Å². The first kappa shape index (κ1) is 17.9. The van der Waals surface area contributed by atoms with Gasteiger partial charge in [-0.25, -0.2) is 0 Å². The Labute approximate surface area is 124 Å². The third kappa shape index (κ3) is 8.90. The minimum absolute atomic E-state index is 0.273. The molecule has 20 heavy (non-hydrogen) atoms. The van der Waals surface area contributed by atoms with Crippen LogP contribution in [0.4, 0.5) is 0 Å². The molecule has 0 spiro atoms. The molecule has 120 valence electrons. The fourth-order valence-electron chi connectivity index (χ4n) is 2.18. The predicted octanol–water partition coefficient (Wildman–Crippen LogP) is 2.61. The van der Waals surface area contributed by atoms with Crippen molar-refractivity contribution in [1.82, 2.24) is 5.32 Å². The summed E-state index contributed by atoms with van der Waals surface area (Å²) in [7, 11) is 0. The largest absolute Gasteiger partial charge is 0.379 e. The molecule has 0 aromatic heterocycles. The highest BCUT2D eigenvalue weighted by atomic mass is 16.5. The summed E-state index contributed by atoms with van der Waals surface area (Å²) in [6.07, 6.45) is 5.05. The molecule has 4 nitrogen and oxygen atoms in total. The number of unbranched alkanes of at least 4 members (excludes halogenated alkanes) is 1. The SMILES string of the molecule is CCCCOCCOCCOCCNC(C)(C)C1CC1. The van der Waals surface area contributed by atoms with Crippen LogP contribution in [0.2, 0.25) is 0 Å². The molecular weight excluding hydrogens is 254 g/mol. The van der Waals surface area contributed by atoms with Crippen LogP contribution in [0.15, 0.2) is 0 Å². The van der Waals surface area contributed by atoms with Crippen LogP contribution < -0.4 is 5.32 Å². The van der Waals surface area contributed by atoms with Gasteiger partial charge in [0.25, 0.3) is 0 Å². The van der Waals surface area contributed by atoms with Gasteiger partial charge in [0, 0.05) is 18.7 Å². The summed E-state index contributed by atoms with van der Waals surface area (Å²) >= 11 is 0. The van der Waals surface area contributed by atoms with E-state index in [1.807, 2.05) is 0 Å². The highest BCUT2D eigenvalue weighted by Gasteiger charge is 2.36. The molecule has 0 heterocycles. The van der Waals surface area contributed by atoms with Crippen molar-refractivity contribution in [3.8, 4) is 0 Å². The maximum Gasteiger partial charge on any atom is 0.0701 e. The number of rotatable bonds is 14. The standard InChI is InChI=1S/C16H33NO3/c1-4-5-9-18-11-13-20-14-12-19-10-8-17-16(2,3)15-6-7-15/h15,17H,4-14H2,1-3H3. The van der Waals surface area contributed by atoms with E-state index >= 15 is 0 Å². The molecule has 1 saturated carbocycles. The number of ether oxygens (including phenoxy) is 3. The van der Waals surface area contributed by atoms with Crippen molar-refractivity contribution in [2.75, 3.05) is 46.2 Å². The molecule has 0 atom stereocenters. The van der Waals surface area contributed by atoms with E-state index in [0.717, 1.165) is 32.1 Å². The smallest absolute Gasteiger partial charge is 0.0701 e. The van der Waals surface area contributed by atoms with Crippen LogP contribution in [0.1, 0.15) is 46.5 Å². The Kier molecular flexibility index (Phi) is 9.44. The highest BCUT2D eigenvalue weighted by Crippen LogP contribution is 2.38. The van der Waals surface area contributed by atoms with Crippen molar-refractivity contribution in [3.05, 3.63) is 0 Å². The van der Waals surface area contributed by atoms with Gasteiger partial charge in [-0.3, -0.25) is 0 Å². The summed E-state index contributed by atoms with van der Waals surface area (Å²) in [6.45, 7) is 11.9. The lowest BCUT2D eigenvalue weighted by Gasteiger charge is -2.26. The minimum atomic E-state index is 0.273. The van der Waals surface area contributed by atoms with Gasteiger partial charge >= 0.3 is 0 Å². The fraction of sp³-hybridized carbons (Fsp3) is 1.00. The third-order valence-corrected chi connectivity index (χ3v) is 3.81. The maximum absolute atomic E-state index is 5.55. The second kappa shape index (κ2) is 10.6. The average molecular weight is 287 g/mol. The Bertz CT molecular complexity index is 230. The molecule has 1 aliphatic rings. The summed E-state index contributed by atoms with van der Waals surface area (Å²) in [4.78, 5) is 0. The highest BCUT2D eigenvalue weighted by molar-refractivity contribution is 4.94. The van der Waals surface area contributed by atoms with Crippen molar-refractivity contribution in [3.63, 3.8) is 0 Å². The Morgan fingerprint density at radius 2 is 1.45 bits per heavy atom. The van der Waals surface area contributed by atoms with Gasteiger partial charge in [0.15, 0.2) is 0 Å². The molecule has 0 saturated heterocycles. The van der Waals surface area contributed by atoms with Gasteiger partial charge in [0.2, 0.25) is 0 Å². The predicted molar refractivity (Wildman–Crippen MR) is 82.2 cm³/mol. The van der Waals surface area contributed by atoms with E-state index in [4.69, 9.17) is 14.2 Å². The molecule has 0 amide bonds. The van der Waals surface area contributed by atoms with Crippen molar-refractivity contribution in [1.29, 1.82) is 0 Å². The molecule has 1 rings (SSSR count). The normalized spacial score (nSPS) is 15.8. The molecular formula is C16H33NO3. The topological polar surface area (TPSA) is 39.7 Å². The van der Waals surface area contributed by atoms with E-state index < -0.39 is 0 Å². The second-order valence-corrected chi connectivity index (χ2v) is 6.11. The van der Waals surface area contributed by atoms with Crippen LogP contribution in [0.3, 0.4) is 0 Å². The van der Waals surface area contributed by atoms with Crippen LogP contribution in [0.25, 0.3) is 0 Å². The zero-order chi connectivity index (χ0) is 14.7. The van der Waals surface area contributed by atoms with Crippen LogP contribution in [-0.4, -0.2) is 51.7 Å². The van der Waals surface area contributed by atoms with E-state index in [2.05, 4.69) is 26.1 Å². The summed E-state index contributed by atoms with van der Waals surface area (Å²) in [6, 6.07) is 0. The summed E-state index contributed by atoms with van der Waals surface area (Å²) in [5.74, 6) is 0.860. The Hall–Kier alpha value is -0.160. The molecule has 1 aliphatic carbocycles. The van der Waals surface area contributed by atoms with Gasteiger partial charge in [0.1, 0.15) is 0 Å². The van der Waals surface area contributed by atoms with E-state index in [1.165, 1.54) is 19.3 Å². The first-order chi connectivity index (χ1) is 9.67. The Balaban J connectivity index is 1.74. The molecule has 0 radical (unpaired) electrons. The first-order valence-electron chi connectivity index (χ1n) is 8.15. The molecule has 4 heteroatoms. The molecule has 1 fully saturated rings. The summed E-state index contributed by atoms with van der Waals surface area (Å²) < 4.78 is 16.4. The first-order valence-corrected chi connectivity index (χ1v) is 8.15. The van der Waals surface area contributed by atoms with Crippen LogP contribution >= 0.6 is 0 Å². The van der Waals surface area contributed by atoms with Crippen molar-refractivity contribution >= 4 is 0 Å². The van der Waals surface area contributed by atoms with Gasteiger partial charge in [-0.1, -0.05) is 13.3 Å². The third-order valence-electron chi connectivity index (χ3n) is 3.81. The molecule has 0 aliphatic heterocycles. The van der Waals surface area contributed by atoms with E-state index in [1.54, 1.807) is 0 Å². The molecule has 0 aromatic rings. The maximum atomic E-state index is 5.55. The van der Waals surface area contributed by atoms with Crippen molar-refractivity contribution in [2.24, 2.45) is 5.92 Å². The molecule has 0 unspecified atom stereocenters. The Morgan fingerprint density at radius 1 is 0.900 bits per heavy atom. The van der Waals surface area contributed by atoms with Gasteiger partial charge in [-0.2, -0.15) is 0 Å². The summed E-state index contributed by atoms with van der Waals surface area (Å²) in [5.41, 5.74) is 0.273.